The number of benzene rings is 1. The SMILES string of the molecule is CCc1c(N(CC)C2CCOCC2)cc2oc(C3CCN(C)CC3)cc2c1C(=O)NCC1=C(OC)C=C(C)NC1=C=O. The minimum Gasteiger partial charge on any atom is -0.496 e. The molecule has 0 aliphatic carbocycles. The molecule has 2 saturated heterocycles. The number of dihydropyridines is 1. The molecule has 2 fully saturated rings. The lowest BCUT2D eigenvalue weighted by molar-refractivity contribution is 0.0845. The molecule has 1 aromatic carbocycles. The number of piperidine rings is 1. The van der Waals surface area contributed by atoms with Crippen LogP contribution >= 0.6 is 0 Å². The van der Waals surface area contributed by atoms with E-state index < -0.39 is 0 Å². The molecule has 42 heavy (non-hydrogen) atoms. The smallest absolute Gasteiger partial charge is 0.252 e. The maximum absolute atomic E-state index is 14.2. The Morgan fingerprint density at radius 1 is 1.19 bits per heavy atom. The lowest BCUT2D eigenvalue weighted by Crippen LogP contribution is -2.40. The maximum Gasteiger partial charge on any atom is 0.252 e. The first-order valence-electron chi connectivity index (χ1n) is 15.3. The lowest BCUT2D eigenvalue weighted by Gasteiger charge is -2.37. The molecular formula is C33H44N4O5. The normalized spacial score (nSPS) is 19.0. The molecule has 2 N–H and O–H groups in total. The molecule has 0 saturated carbocycles. The number of ether oxygens (including phenoxy) is 2. The quantitative estimate of drug-likeness (QED) is 0.416. The fraction of sp³-hybridized carbons (Fsp3) is 0.545. The summed E-state index contributed by atoms with van der Waals surface area (Å²) in [5.74, 6) is 3.58. The van der Waals surface area contributed by atoms with Crippen molar-refractivity contribution in [1.29, 1.82) is 0 Å². The summed E-state index contributed by atoms with van der Waals surface area (Å²) < 4.78 is 17.8. The fourth-order valence-electron chi connectivity index (χ4n) is 6.64. The third-order valence-corrected chi connectivity index (χ3v) is 8.93. The van der Waals surface area contributed by atoms with E-state index in [2.05, 4.69) is 53.5 Å². The number of likely N-dealkylation sites (tertiary alicyclic amines) is 1. The number of anilines is 1. The summed E-state index contributed by atoms with van der Waals surface area (Å²) in [6.45, 7) is 10.6. The molecule has 0 unspecified atom stereocenters. The van der Waals surface area contributed by atoms with Crippen LogP contribution in [0.25, 0.3) is 11.0 Å². The highest BCUT2D eigenvalue weighted by Gasteiger charge is 2.30. The van der Waals surface area contributed by atoms with Crippen LogP contribution in [-0.4, -0.2) is 76.3 Å². The highest BCUT2D eigenvalue weighted by molar-refractivity contribution is 6.09. The van der Waals surface area contributed by atoms with E-state index in [0.29, 0.717) is 35.3 Å². The van der Waals surface area contributed by atoms with Crippen molar-refractivity contribution in [3.05, 3.63) is 57.8 Å². The van der Waals surface area contributed by atoms with E-state index in [1.54, 1.807) is 7.11 Å². The summed E-state index contributed by atoms with van der Waals surface area (Å²) in [5.41, 5.74) is 5.06. The minimum atomic E-state index is -0.197. The average molecular weight is 577 g/mol. The van der Waals surface area contributed by atoms with Gasteiger partial charge in [-0.2, -0.15) is 0 Å². The van der Waals surface area contributed by atoms with Crippen molar-refractivity contribution in [3.8, 4) is 0 Å². The Hall–Kier alpha value is -3.52. The van der Waals surface area contributed by atoms with Gasteiger partial charge in [0.1, 0.15) is 22.8 Å². The van der Waals surface area contributed by atoms with Gasteiger partial charge in [-0.05, 0) is 83.8 Å². The molecule has 5 rings (SSSR count). The second-order valence-electron chi connectivity index (χ2n) is 11.5. The molecule has 2 aromatic rings. The Morgan fingerprint density at radius 3 is 2.57 bits per heavy atom. The van der Waals surface area contributed by atoms with Crippen molar-refractivity contribution in [3.63, 3.8) is 0 Å². The molecule has 1 aromatic heterocycles. The highest BCUT2D eigenvalue weighted by Crippen LogP contribution is 2.39. The topological polar surface area (TPSA) is 96.3 Å². The number of amides is 1. The van der Waals surface area contributed by atoms with E-state index in [4.69, 9.17) is 13.9 Å². The van der Waals surface area contributed by atoms with Gasteiger partial charge in [0.25, 0.3) is 5.91 Å². The summed E-state index contributed by atoms with van der Waals surface area (Å²) >= 11 is 0. The number of carbonyl (C=O) groups excluding carboxylic acids is 2. The van der Waals surface area contributed by atoms with Gasteiger partial charge in [-0.3, -0.25) is 4.79 Å². The second kappa shape index (κ2) is 13.2. The number of rotatable bonds is 9. The van der Waals surface area contributed by atoms with E-state index in [0.717, 1.165) is 92.2 Å². The Balaban J connectivity index is 1.58. The summed E-state index contributed by atoms with van der Waals surface area (Å²) in [6, 6.07) is 4.59. The van der Waals surface area contributed by atoms with Gasteiger partial charge in [-0.25, -0.2) is 4.79 Å². The van der Waals surface area contributed by atoms with E-state index >= 15 is 0 Å². The first kappa shape index (κ1) is 30.0. The third-order valence-electron chi connectivity index (χ3n) is 8.93. The molecule has 4 heterocycles. The van der Waals surface area contributed by atoms with Crippen LogP contribution in [0.1, 0.15) is 74.1 Å². The molecule has 0 radical (unpaired) electrons. The van der Waals surface area contributed by atoms with Crippen LogP contribution in [0.2, 0.25) is 0 Å². The molecule has 3 aliphatic rings. The van der Waals surface area contributed by atoms with Gasteiger partial charge < -0.3 is 34.3 Å². The minimum absolute atomic E-state index is 0.120. The molecule has 0 spiro atoms. The number of carbonyl (C=O) groups is 1. The number of fused-ring (bicyclic) bond motifs is 1. The Morgan fingerprint density at radius 2 is 1.93 bits per heavy atom. The van der Waals surface area contributed by atoms with Crippen LogP contribution in [0.5, 0.6) is 0 Å². The number of nitrogens with zero attached hydrogens (tertiary/aromatic N) is 2. The van der Waals surface area contributed by atoms with E-state index in [-0.39, 0.29) is 18.1 Å². The maximum atomic E-state index is 14.2. The molecule has 3 aliphatic heterocycles. The number of nitrogens with one attached hydrogen (secondary N) is 2. The fourth-order valence-corrected chi connectivity index (χ4v) is 6.64. The van der Waals surface area contributed by atoms with Gasteiger partial charge in [0, 0.05) is 66.7 Å². The monoisotopic (exact) mass is 576 g/mol. The predicted molar refractivity (Wildman–Crippen MR) is 164 cm³/mol. The molecule has 0 bridgehead atoms. The van der Waals surface area contributed by atoms with Crippen molar-refractivity contribution in [2.75, 3.05) is 58.5 Å². The van der Waals surface area contributed by atoms with E-state index in [1.807, 2.05) is 18.9 Å². The predicted octanol–water partition coefficient (Wildman–Crippen LogP) is 4.66. The zero-order valence-electron chi connectivity index (χ0n) is 25.6. The second-order valence-corrected chi connectivity index (χ2v) is 11.5. The number of hydrogen-bond acceptors (Lipinski definition) is 8. The summed E-state index contributed by atoms with van der Waals surface area (Å²) in [5, 5.41) is 6.98. The van der Waals surface area contributed by atoms with Crippen molar-refractivity contribution in [2.45, 2.75) is 64.8 Å². The van der Waals surface area contributed by atoms with Crippen LogP contribution < -0.4 is 15.5 Å². The van der Waals surface area contributed by atoms with E-state index in [9.17, 15) is 9.59 Å². The van der Waals surface area contributed by atoms with Crippen molar-refractivity contribution < 1.29 is 23.5 Å². The largest absolute Gasteiger partial charge is 0.496 e. The molecule has 226 valence electrons. The van der Waals surface area contributed by atoms with Gasteiger partial charge in [0.2, 0.25) is 0 Å². The number of hydrogen-bond donors (Lipinski definition) is 2. The Kier molecular flexibility index (Phi) is 9.41. The first-order chi connectivity index (χ1) is 20.4. The first-order valence-corrected chi connectivity index (χ1v) is 15.3. The molecule has 0 atom stereocenters. The highest BCUT2D eigenvalue weighted by atomic mass is 16.5. The van der Waals surface area contributed by atoms with Gasteiger partial charge in [-0.1, -0.05) is 6.92 Å². The average Bonchev–Trinajstić information content (AvgIpc) is 3.44. The standard InChI is InChI=1S/C33H44N4O5/c1-6-24-28(37(7-2)23-10-14-41-15-11-23)18-31-25(17-29(42-31)22-8-12-36(4)13-9-22)32(24)33(39)34-19-26-27(20-38)35-21(3)16-30(26)40-5/h16-18,22-23,35H,6-15,19H2,1-5H3,(H,34,39). The lowest BCUT2D eigenvalue weighted by atomic mass is 9.92. The Bertz CT molecular complexity index is 1420. The molecule has 1 amide bonds. The van der Waals surface area contributed by atoms with Crippen molar-refractivity contribution in [1.82, 2.24) is 15.5 Å². The van der Waals surface area contributed by atoms with Gasteiger partial charge in [0.15, 0.2) is 5.94 Å². The summed E-state index contributed by atoms with van der Waals surface area (Å²) in [4.78, 5) is 30.7. The van der Waals surface area contributed by atoms with E-state index in [1.165, 1.54) is 0 Å². The van der Waals surface area contributed by atoms with Crippen molar-refractivity contribution >= 4 is 28.5 Å². The number of methoxy groups -OCH3 is 1. The molecule has 9 heteroatoms. The van der Waals surface area contributed by atoms with Crippen LogP contribution in [0.15, 0.2) is 45.4 Å². The zero-order chi connectivity index (χ0) is 29.8. The Labute approximate surface area is 248 Å². The molecular weight excluding hydrogens is 532 g/mol. The van der Waals surface area contributed by atoms with Crippen LogP contribution in [0.3, 0.4) is 0 Å². The van der Waals surface area contributed by atoms with Crippen molar-refractivity contribution in [2.24, 2.45) is 0 Å². The zero-order valence-corrected chi connectivity index (χ0v) is 25.6. The molecule has 9 nitrogen and oxygen atoms in total. The van der Waals surface area contributed by atoms with Crippen LogP contribution in [-0.2, 0) is 20.7 Å². The van der Waals surface area contributed by atoms with Crippen LogP contribution in [0, 0.1) is 0 Å². The van der Waals surface area contributed by atoms with Gasteiger partial charge >= 0.3 is 0 Å². The summed E-state index contributed by atoms with van der Waals surface area (Å²) in [6.07, 6.45) is 6.47. The summed E-state index contributed by atoms with van der Waals surface area (Å²) in [7, 11) is 3.71. The number of allylic oxidation sites excluding steroid dienone is 2. The van der Waals surface area contributed by atoms with Crippen LogP contribution in [0.4, 0.5) is 5.69 Å². The third kappa shape index (κ3) is 6.00. The number of furan rings is 1. The van der Waals surface area contributed by atoms with Gasteiger partial charge in [-0.15, -0.1) is 0 Å². The van der Waals surface area contributed by atoms with Gasteiger partial charge in [0.05, 0.1) is 12.7 Å².